The van der Waals surface area contributed by atoms with Crippen LogP contribution in [0.5, 0.6) is 0 Å². The van der Waals surface area contributed by atoms with E-state index in [1.54, 1.807) is 4.68 Å². The van der Waals surface area contributed by atoms with Crippen molar-refractivity contribution >= 4 is 5.95 Å². The third-order valence-electron chi connectivity index (χ3n) is 2.58. The van der Waals surface area contributed by atoms with E-state index in [0.717, 1.165) is 25.1 Å². The average Bonchev–Trinajstić information content (AvgIpc) is 2.58. The minimum atomic E-state index is -0.292. The Morgan fingerprint density at radius 1 is 1.54 bits per heavy atom. The zero-order chi connectivity index (χ0) is 9.42. The van der Waals surface area contributed by atoms with E-state index in [1.807, 2.05) is 6.92 Å². The number of anilines is 1. The molecule has 1 aromatic heterocycles. The van der Waals surface area contributed by atoms with Crippen molar-refractivity contribution in [3.63, 3.8) is 0 Å². The number of aliphatic hydroxyl groups is 1. The molecule has 13 heavy (non-hydrogen) atoms. The first kappa shape index (κ1) is 8.50. The van der Waals surface area contributed by atoms with Crippen LogP contribution in [0.3, 0.4) is 0 Å². The molecule has 0 radical (unpaired) electrons. The minimum Gasteiger partial charge on any atom is -0.391 e. The highest BCUT2D eigenvalue weighted by atomic mass is 16.3. The van der Waals surface area contributed by atoms with Gasteiger partial charge in [-0.2, -0.15) is 4.98 Å². The van der Waals surface area contributed by atoms with Crippen LogP contribution in [0, 0.1) is 6.92 Å². The van der Waals surface area contributed by atoms with Crippen molar-refractivity contribution in [2.45, 2.75) is 38.3 Å². The van der Waals surface area contributed by atoms with Gasteiger partial charge in [-0.3, -0.25) is 0 Å². The first-order valence-electron chi connectivity index (χ1n) is 4.55. The van der Waals surface area contributed by atoms with Crippen LogP contribution in [0.1, 0.15) is 31.1 Å². The molecule has 1 aliphatic rings. The Bertz CT molecular complexity index is 309. The first-order valence-corrected chi connectivity index (χ1v) is 4.55. The lowest BCUT2D eigenvalue weighted by Crippen LogP contribution is -2.20. The largest absolute Gasteiger partial charge is 0.391 e. The van der Waals surface area contributed by atoms with Gasteiger partial charge in [0, 0.05) is 0 Å². The van der Waals surface area contributed by atoms with Gasteiger partial charge in [-0.15, -0.1) is 5.10 Å². The topological polar surface area (TPSA) is 77.0 Å². The number of aromatic nitrogens is 3. The van der Waals surface area contributed by atoms with Crippen molar-refractivity contribution in [3.05, 3.63) is 5.82 Å². The predicted octanol–water partition coefficient (Wildman–Crippen LogP) is 0.255. The molecule has 0 aromatic carbocycles. The molecular formula is C8H14N4O. The molecule has 0 aliphatic heterocycles. The molecule has 0 saturated heterocycles. The van der Waals surface area contributed by atoms with Crippen LogP contribution in [0.4, 0.5) is 5.95 Å². The zero-order valence-electron chi connectivity index (χ0n) is 7.64. The first-order chi connectivity index (χ1) is 6.18. The SMILES string of the molecule is Cc1nc(N)nn1C1CCCC1O. The molecule has 2 unspecified atom stereocenters. The van der Waals surface area contributed by atoms with Gasteiger partial charge in [0.05, 0.1) is 12.1 Å². The molecule has 1 fully saturated rings. The zero-order valence-corrected chi connectivity index (χ0v) is 7.64. The lowest BCUT2D eigenvalue weighted by molar-refractivity contribution is 0.129. The van der Waals surface area contributed by atoms with Crippen LogP contribution in [0.25, 0.3) is 0 Å². The van der Waals surface area contributed by atoms with Gasteiger partial charge in [-0.1, -0.05) is 0 Å². The maximum absolute atomic E-state index is 9.65. The Hall–Kier alpha value is -1.10. The molecule has 2 atom stereocenters. The molecule has 0 bridgehead atoms. The quantitative estimate of drug-likeness (QED) is 0.653. The molecule has 1 aromatic rings. The van der Waals surface area contributed by atoms with E-state index in [4.69, 9.17) is 5.73 Å². The second-order valence-corrected chi connectivity index (χ2v) is 3.53. The highest BCUT2D eigenvalue weighted by Gasteiger charge is 2.28. The summed E-state index contributed by atoms with van der Waals surface area (Å²) < 4.78 is 1.74. The number of nitrogens with two attached hydrogens (primary N) is 1. The summed E-state index contributed by atoms with van der Waals surface area (Å²) >= 11 is 0. The number of rotatable bonds is 1. The number of hydrogen-bond donors (Lipinski definition) is 2. The van der Waals surface area contributed by atoms with Crippen molar-refractivity contribution in [2.24, 2.45) is 0 Å². The number of aliphatic hydroxyl groups excluding tert-OH is 1. The fourth-order valence-electron chi connectivity index (χ4n) is 1.94. The molecule has 1 aliphatic carbocycles. The van der Waals surface area contributed by atoms with Gasteiger partial charge in [0.25, 0.3) is 0 Å². The van der Waals surface area contributed by atoms with E-state index in [0.29, 0.717) is 0 Å². The Balaban J connectivity index is 2.28. The standard InChI is InChI=1S/C8H14N4O/c1-5-10-8(9)11-12(5)6-3-2-4-7(6)13/h6-7,13H,2-4H2,1H3,(H2,9,11). The molecule has 5 nitrogen and oxygen atoms in total. The summed E-state index contributed by atoms with van der Waals surface area (Å²) in [4.78, 5) is 4.01. The maximum atomic E-state index is 9.65. The van der Waals surface area contributed by atoms with Gasteiger partial charge < -0.3 is 10.8 Å². The number of nitrogen functional groups attached to an aromatic ring is 1. The molecule has 0 spiro atoms. The molecule has 5 heteroatoms. The highest BCUT2D eigenvalue weighted by molar-refractivity contribution is 5.14. The van der Waals surface area contributed by atoms with Crippen molar-refractivity contribution in [3.8, 4) is 0 Å². The third-order valence-corrected chi connectivity index (χ3v) is 2.58. The summed E-state index contributed by atoms with van der Waals surface area (Å²) in [5.74, 6) is 1.07. The molecule has 72 valence electrons. The van der Waals surface area contributed by atoms with Crippen LogP contribution >= 0.6 is 0 Å². The lowest BCUT2D eigenvalue weighted by atomic mass is 10.2. The Kier molecular flexibility index (Phi) is 1.95. The second kappa shape index (κ2) is 2.99. The van der Waals surface area contributed by atoms with Crippen LogP contribution in [-0.2, 0) is 0 Å². The van der Waals surface area contributed by atoms with E-state index in [2.05, 4.69) is 10.1 Å². The van der Waals surface area contributed by atoms with E-state index < -0.39 is 0 Å². The second-order valence-electron chi connectivity index (χ2n) is 3.53. The lowest BCUT2D eigenvalue weighted by Gasteiger charge is -2.15. The third kappa shape index (κ3) is 1.39. The molecule has 1 heterocycles. The van der Waals surface area contributed by atoms with Crippen molar-refractivity contribution in [2.75, 3.05) is 5.73 Å². The monoisotopic (exact) mass is 182 g/mol. The number of aryl methyl sites for hydroxylation is 1. The molecule has 2 rings (SSSR count). The van der Waals surface area contributed by atoms with Gasteiger partial charge in [-0.25, -0.2) is 4.68 Å². The fraction of sp³-hybridized carbons (Fsp3) is 0.750. The van der Waals surface area contributed by atoms with Gasteiger partial charge in [0.2, 0.25) is 5.95 Å². The normalized spacial score (nSPS) is 28.2. The summed E-state index contributed by atoms with van der Waals surface area (Å²) in [6.45, 7) is 1.86. The molecule has 0 amide bonds. The number of hydrogen-bond acceptors (Lipinski definition) is 4. The van der Waals surface area contributed by atoms with E-state index in [9.17, 15) is 5.11 Å². The Morgan fingerprint density at radius 2 is 2.31 bits per heavy atom. The summed E-state index contributed by atoms with van der Waals surface area (Å²) in [5.41, 5.74) is 5.47. The number of nitrogens with zero attached hydrogens (tertiary/aromatic N) is 3. The van der Waals surface area contributed by atoms with Gasteiger partial charge in [0.1, 0.15) is 5.82 Å². The van der Waals surface area contributed by atoms with Gasteiger partial charge in [-0.05, 0) is 26.2 Å². The molecule has 1 saturated carbocycles. The summed E-state index contributed by atoms with van der Waals surface area (Å²) in [6.07, 6.45) is 2.57. The highest BCUT2D eigenvalue weighted by Crippen LogP contribution is 2.30. The summed E-state index contributed by atoms with van der Waals surface area (Å²) in [7, 11) is 0. The van der Waals surface area contributed by atoms with Gasteiger partial charge in [0.15, 0.2) is 0 Å². The van der Waals surface area contributed by atoms with E-state index >= 15 is 0 Å². The molecular weight excluding hydrogens is 168 g/mol. The van der Waals surface area contributed by atoms with Crippen LogP contribution in [-0.4, -0.2) is 26.0 Å². The maximum Gasteiger partial charge on any atom is 0.239 e. The summed E-state index contributed by atoms with van der Waals surface area (Å²) in [5, 5.41) is 13.7. The van der Waals surface area contributed by atoms with Crippen molar-refractivity contribution in [1.29, 1.82) is 0 Å². The van der Waals surface area contributed by atoms with Gasteiger partial charge >= 0.3 is 0 Å². The van der Waals surface area contributed by atoms with Crippen LogP contribution in [0.15, 0.2) is 0 Å². The van der Waals surface area contributed by atoms with E-state index in [-0.39, 0.29) is 18.1 Å². The van der Waals surface area contributed by atoms with Crippen molar-refractivity contribution < 1.29 is 5.11 Å². The fourth-order valence-corrected chi connectivity index (χ4v) is 1.94. The van der Waals surface area contributed by atoms with Crippen LogP contribution < -0.4 is 5.73 Å². The minimum absolute atomic E-state index is 0.0739. The molecule has 3 N–H and O–H groups in total. The van der Waals surface area contributed by atoms with Crippen molar-refractivity contribution in [1.82, 2.24) is 14.8 Å². The average molecular weight is 182 g/mol. The smallest absolute Gasteiger partial charge is 0.239 e. The summed E-state index contributed by atoms with van der Waals surface area (Å²) in [6, 6.07) is 0.0739. The van der Waals surface area contributed by atoms with E-state index in [1.165, 1.54) is 0 Å². The van der Waals surface area contributed by atoms with Crippen LogP contribution in [0.2, 0.25) is 0 Å². The Labute approximate surface area is 76.6 Å². The Morgan fingerprint density at radius 3 is 2.77 bits per heavy atom. The predicted molar refractivity (Wildman–Crippen MR) is 48.1 cm³/mol.